The summed E-state index contributed by atoms with van der Waals surface area (Å²) in [4.78, 5) is 7.57. The molecule has 0 fully saturated rings. The highest BCUT2D eigenvalue weighted by Crippen LogP contribution is 2.11. The Morgan fingerprint density at radius 2 is 2.00 bits per heavy atom. The van der Waals surface area contributed by atoms with Crippen LogP contribution in [0.15, 0.2) is 36.7 Å². The van der Waals surface area contributed by atoms with Gasteiger partial charge in [-0.3, -0.25) is 0 Å². The third-order valence-corrected chi connectivity index (χ3v) is 2.52. The van der Waals surface area contributed by atoms with Crippen LogP contribution in [0, 0.1) is 0 Å². The number of aryl methyl sites for hydroxylation is 1. The molecule has 78 valence electrons. The number of hydrogen-bond acceptors (Lipinski definition) is 1. The SMILES string of the molecule is CCCc1nc[nH]c1Cc1ccccc1. The number of nitrogens with zero attached hydrogens (tertiary/aromatic N) is 1. The zero-order valence-electron chi connectivity index (χ0n) is 9.03. The van der Waals surface area contributed by atoms with Gasteiger partial charge in [-0.05, 0) is 12.0 Å². The second-order valence-electron chi connectivity index (χ2n) is 3.74. The van der Waals surface area contributed by atoms with E-state index in [0.717, 1.165) is 19.3 Å². The van der Waals surface area contributed by atoms with Crippen LogP contribution in [0.5, 0.6) is 0 Å². The standard InChI is InChI=1S/C13H16N2/c1-2-6-12-13(15-10-14-12)9-11-7-4-3-5-8-11/h3-5,7-8,10H,2,6,9H2,1H3,(H,14,15). The number of aromatic nitrogens is 2. The molecule has 0 bridgehead atoms. The number of aromatic amines is 1. The fourth-order valence-electron chi connectivity index (χ4n) is 1.75. The van der Waals surface area contributed by atoms with Gasteiger partial charge in [0.2, 0.25) is 0 Å². The summed E-state index contributed by atoms with van der Waals surface area (Å²) in [6, 6.07) is 10.5. The monoisotopic (exact) mass is 200 g/mol. The average molecular weight is 200 g/mol. The summed E-state index contributed by atoms with van der Waals surface area (Å²) in [6.07, 6.45) is 4.96. The first-order valence-corrected chi connectivity index (χ1v) is 5.45. The summed E-state index contributed by atoms with van der Waals surface area (Å²) in [7, 11) is 0. The van der Waals surface area contributed by atoms with Crippen LogP contribution in [0.4, 0.5) is 0 Å². The fraction of sp³-hybridized carbons (Fsp3) is 0.308. The summed E-state index contributed by atoms with van der Waals surface area (Å²) < 4.78 is 0. The molecule has 0 radical (unpaired) electrons. The van der Waals surface area contributed by atoms with E-state index in [1.54, 1.807) is 6.33 Å². The highest BCUT2D eigenvalue weighted by molar-refractivity contribution is 5.24. The molecule has 1 aromatic heterocycles. The van der Waals surface area contributed by atoms with Crippen molar-refractivity contribution >= 4 is 0 Å². The van der Waals surface area contributed by atoms with Crippen molar-refractivity contribution < 1.29 is 0 Å². The molecule has 0 amide bonds. The first kappa shape index (κ1) is 9.97. The highest BCUT2D eigenvalue weighted by atomic mass is 14.9. The molecule has 0 aliphatic carbocycles. The molecule has 2 heteroatoms. The number of imidazole rings is 1. The molecule has 0 aliphatic heterocycles. The van der Waals surface area contributed by atoms with Crippen molar-refractivity contribution in [2.45, 2.75) is 26.2 Å². The van der Waals surface area contributed by atoms with Gasteiger partial charge in [-0.1, -0.05) is 43.7 Å². The van der Waals surface area contributed by atoms with Gasteiger partial charge in [-0.15, -0.1) is 0 Å². The quantitative estimate of drug-likeness (QED) is 0.807. The largest absolute Gasteiger partial charge is 0.348 e. The van der Waals surface area contributed by atoms with Gasteiger partial charge >= 0.3 is 0 Å². The van der Waals surface area contributed by atoms with Crippen LogP contribution in [0.25, 0.3) is 0 Å². The van der Waals surface area contributed by atoms with Crippen LogP contribution in [0.3, 0.4) is 0 Å². The van der Waals surface area contributed by atoms with Gasteiger partial charge in [0, 0.05) is 12.1 Å². The Labute approximate surface area is 90.4 Å². The molecule has 15 heavy (non-hydrogen) atoms. The summed E-state index contributed by atoms with van der Waals surface area (Å²) in [5.41, 5.74) is 3.79. The van der Waals surface area contributed by atoms with Gasteiger partial charge in [0.05, 0.1) is 12.0 Å². The second-order valence-corrected chi connectivity index (χ2v) is 3.74. The Kier molecular flexibility index (Phi) is 3.18. The zero-order valence-corrected chi connectivity index (χ0v) is 9.03. The summed E-state index contributed by atoms with van der Waals surface area (Å²) in [5.74, 6) is 0. The predicted octanol–water partition coefficient (Wildman–Crippen LogP) is 2.95. The lowest BCUT2D eigenvalue weighted by Crippen LogP contribution is -1.94. The molecule has 0 spiro atoms. The van der Waals surface area contributed by atoms with Crippen molar-refractivity contribution in [3.8, 4) is 0 Å². The van der Waals surface area contributed by atoms with Crippen molar-refractivity contribution in [3.05, 3.63) is 53.6 Å². The van der Waals surface area contributed by atoms with Crippen LogP contribution in [-0.2, 0) is 12.8 Å². The third kappa shape index (κ3) is 2.46. The van der Waals surface area contributed by atoms with Crippen molar-refractivity contribution in [3.63, 3.8) is 0 Å². The van der Waals surface area contributed by atoms with E-state index in [-0.39, 0.29) is 0 Å². The van der Waals surface area contributed by atoms with E-state index < -0.39 is 0 Å². The second kappa shape index (κ2) is 4.78. The van der Waals surface area contributed by atoms with Gasteiger partial charge in [0.15, 0.2) is 0 Å². The van der Waals surface area contributed by atoms with E-state index in [1.807, 2.05) is 6.07 Å². The minimum absolute atomic E-state index is 0.955. The summed E-state index contributed by atoms with van der Waals surface area (Å²) in [5, 5.41) is 0. The molecule has 0 unspecified atom stereocenters. The molecular weight excluding hydrogens is 184 g/mol. The Morgan fingerprint density at radius 3 is 2.73 bits per heavy atom. The Bertz CT molecular complexity index is 403. The third-order valence-electron chi connectivity index (χ3n) is 2.52. The predicted molar refractivity (Wildman–Crippen MR) is 61.8 cm³/mol. The molecular formula is C13H16N2. The van der Waals surface area contributed by atoms with E-state index in [4.69, 9.17) is 0 Å². The summed E-state index contributed by atoms with van der Waals surface area (Å²) in [6.45, 7) is 2.18. The van der Waals surface area contributed by atoms with Gasteiger partial charge in [-0.25, -0.2) is 4.98 Å². The maximum Gasteiger partial charge on any atom is 0.0925 e. The number of hydrogen-bond donors (Lipinski definition) is 1. The fourth-order valence-corrected chi connectivity index (χ4v) is 1.75. The topological polar surface area (TPSA) is 28.7 Å². The highest BCUT2D eigenvalue weighted by Gasteiger charge is 2.04. The first-order valence-electron chi connectivity index (χ1n) is 5.45. The van der Waals surface area contributed by atoms with Crippen LogP contribution in [0.1, 0.15) is 30.3 Å². The van der Waals surface area contributed by atoms with Gasteiger partial charge in [0.25, 0.3) is 0 Å². The van der Waals surface area contributed by atoms with Gasteiger partial charge in [-0.2, -0.15) is 0 Å². The first-order chi connectivity index (χ1) is 7.40. The lowest BCUT2D eigenvalue weighted by molar-refractivity contribution is 0.873. The van der Waals surface area contributed by atoms with Crippen molar-refractivity contribution in [1.82, 2.24) is 9.97 Å². The van der Waals surface area contributed by atoms with Crippen LogP contribution in [0.2, 0.25) is 0 Å². The van der Waals surface area contributed by atoms with Crippen molar-refractivity contribution in [2.24, 2.45) is 0 Å². The molecule has 0 atom stereocenters. The van der Waals surface area contributed by atoms with E-state index in [0.29, 0.717) is 0 Å². The normalized spacial score (nSPS) is 10.5. The molecule has 2 aromatic rings. The van der Waals surface area contributed by atoms with Crippen molar-refractivity contribution in [2.75, 3.05) is 0 Å². The maximum absolute atomic E-state index is 4.35. The molecule has 2 rings (SSSR count). The number of benzene rings is 1. The molecule has 0 saturated heterocycles. The number of rotatable bonds is 4. The zero-order chi connectivity index (χ0) is 10.5. The smallest absolute Gasteiger partial charge is 0.0925 e. The Morgan fingerprint density at radius 1 is 1.20 bits per heavy atom. The van der Waals surface area contributed by atoms with E-state index in [1.165, 1.54) is 17.0 Å². The molecule has 1 N–H and O–H groups in total. The number of H-pyrrole nitrogens is 1. The lowest BCUT2D eigenvalue weighted by atomic mass is 10.1. The molecule has 1 aromatic carbocycles. The minimum Gasteiger partial charge on any atom is -0.348 e. The Hall–Kier alpha value is -1.57. The number of nitrogens with one attached hydrogen (secondary N) is 1. The van der Waals surface area contributed by atoms with Gasteiger partial charge in [0.1, 0.15) is 0 Å². The minimum atomic E-state index is 0.955. The van der Waals surface area contributed by atoms with Crippen LogP contribution >= 0.6 is 0 Å². The Balaban J connectivity index is 2.14. The maximum atomic E-state index is 4.35. The molecule has 1 heterocycles. The van der Waals surface area contributed by atoms with Gasteiger partial charge < -0.3 is 4.98 Å². The summed E-state index contributed by atoms with van der Waals surface area (Å²) >= 11 is 0. The van der Waals surface area contributed by atoms with Crippen molar-refractivity contribution in [1.29, 1.82) is 0 Å². The van der Waals surface area contributed by atoms with E-state index >= 15 is 0 Å². The molecule has 2 nitrogen and oxygen atoms in total. The molecule has 0 aliphatic rings. The molecule has 0 saturated carbocycles. The van der Waals surface area contributed by atoms with E-state index in [2.05, 4.69) is 41.2 Å². The lowest BCUT2D eigenvalue weighted by Gasteiger charge is -2.01. The van der Waals surface area contributed by atoms with Crippen LogP contribution < -0.4 is 0 Å². The van der Waals surface area contributed by atoms with Crippen LogP contribution in [-0.4, -0.2) is 9.97 Å². The van der Waals surface area contributed by atoms with E-state index in [9.17, 15) is 0 Å². The average Bonchev–Trinajstić information content (AvgIpc) is 2.68.